The van der Waals surface area contributed by atoms with Crippen molar-refractivity contribution in [2.45, 2.75) is 33.1 Å². The van der Waals surface area contributed by atoms with Gasteiger partial charge >= 0.3 is 0 Å². The van der Waals surface area contributed by atoms with Crippen molar-refractivity contribution in [1.29, 1.82) is 0 Å². The van der Waals surface area contributed by atoms with Crippen LogP contribution in [0.25, 0.3) is 55.1 Å². The maximum Gasteiger partial charge on any atom is 0.216 e. The second-order valence-electron chi connectivity index (χ2n) is 10.6. The molecule has 0 aliphatic heterocycles. The number of aromatic nitrogens is 1. The van der Waals surface area contributed by atoms with Gasteiger partial charge in [-0.3, -0.25) is 0 Å². The van der Waals surface area contributed by atoms with Crippen molar-refractivity contribution in [1.82, 2.24) is 0 Å². The van der Waals surface area contributed by atoms with Gasteiger partial charge in [0.1, 0.15) is 18.2 Å². The SMILES string of the molecule is Cc1ccc2c(oc3ccc4ccccc4c32)c1-c1cc(-c2ccc(C(C)(C)C)cc2)cc[n+]1C. The van der Waals surface area contributed by atoms with Gasteiger partial charge in [-0.15, -0.1) is 0 Å². The molecule has 6 rings (SSSR count). The Hall–Kier alpha value is -3.91. The highest BCUT2D eigenvalue weighted by atomic mass is 16.3. The first-order valence-electron chi connectivity index (χ1n) is 12.3. The van der Waals surface area contributed by atoms with Crippen LogP contribution in [0.4, 0.5) is 0 Å². The molecule has 0 unspecified atom stereocenters. The Morgan fingerprint density at radius 1 is 0.743 bits per heavy atom. The van der Waals surface area contributed by atoms with E-state index in [1.54, 1.807) is 0 Å². The number of nitrogens with zero attached hydrogens (tertiary/aromatic N) is 1. The Morgan fingerprint density at radius 3 is 2.29 bits per heavy atom. The molecule has 0 aliphatic rings. The smallest absolute Gasteiger partial charge is 0.216 e. The second kappa shape index (κ2) is 7.81. The van der Waals surface area contributed by atoms with Crippen LogP contribution in [0.2, 0.25) is 0 Å². The zero-order valence-electron chi connectivity index (χ0n) is 21.0. The van der Waals surface area contributed by atoms with Crippen molar-refractivity contribution in [2.24, 2.45) is 7.05 Å². The lowest BCUT2D eigenvalue weighted by molar-refractivity contribution is -0.660. The zero-order chi connectivity index (χ0) is 24.3. The summed E-state index contributed by atoms with van der Waals surface area (Å²) in [6.07, 6.45) is 2.15. The summed E-state index contributed by atoms with van der Waals surface area (Å²) < 4.78 is 8.76. The van der Waals surface area contributed by atoms with Crippen LogP contribution in [0.15, 0.2) is 95.5 Å². The summed E-state index contributed by atoms with van der Waals surface area (Å²) in [5.74, 6) is 0. The number of rotatable bonds is 2. The van der Waals surface area contributed by atoms with Crippen molar-refractivity contribution in [2.75, 3.05) is 0 Å². The summed E-state index contributed by atoms with van der Waals surface area (Å²) in [6, 6.07) is 30.7. The summed E-state index contributed by atoms with van der Waals surface area (Å²) in [6.45, 7) is 8.93. The van der Waals surface area contributed by atoms with Crippen LogP contribution in [0.3, 0.4) is 0 Å². The van der Waals surface area contributed by atoms with E-state index in [9.17, 15) is 0 Å². The second-order valence-corrected chi connectivity index (χ2v) is 10.6. The van der Waals surface area contributed by atoms with Gasteiger partial charge in [-0.1, -0.05) is 87.5 Å². The van der Waals surface area contributed by atoms with E-state index in [1.807, 2.05) is 0 Å². The molecule has 2 heteroatoms. The predicted octanol–water partition coefficient (Wildman–Crippen LogP) is 8.50. The molecule has 0 N–H and O–H groups in total. The molecule has 4 aromatic carbocycles. The van der Waals surface area contributed by atoms with Crippen molar-refractivity contribution < 1.29 is 8.98 Å². The minimum atomic E-state index is 0.144. The van der Waals surface area contributed by atoms with Crippen LogP contribution < -0.4 is 4.57 Å². The molecule has 0 aliphatic carbocycles. The molecule has 0 saturated carbocycles. The predicted molar refractivity (Wildman–Crippen MR) is 147 cm³/mol. The van der Waals surface area contributed by atoms with Gasteiger partial charge in [-0.2, -0.15) is 0 Å². The first-order valence-corrected chi connectivity index (χ1v) is 12.3. The van der Waals surface area contributed by atoms with Gasteiger partial charge in [-0.05, 0) is 51.4 Å². The summed E-state index contributed by atoms with van der Waals surface area (Å²) in [7, 11) is 2.11. The van der Waals surface area contributed by atoms with E-state index >= 15 is 0 Å². The molecule has 35 heavy (non-hydrogen) atoms. The van der Waals surface area contributed by atoms with Crippen LogP contribution in [0, 0.1) is 6.92 Å². The largest absolute Gasteiger partial charge is 0.455 e. The number of aryl methyl sites for hydroxylation is 2. The maximum atomic E-state index is 6.57. The first-order chi connectivity index (χ1) is 16.8. The molecular weight excluding hydrogens is 426 g/mol. The molecule has 2 aromatic heterocycles. The van der Waals surface area contributed by atoms with Crippen LogP contribution in [0.1, 0.15) is 31.9 Å². The van der Waals surface area contributed by atoms with E-state index in [2.05, 4.69) is 130 Å². The normalized spacial score (nSPS) is 12.1. The standard InChI is InChI=1S/C33H30NO/c1-21-10-16-27-31-26-9-7-6-8-23(26)13-17-29(31)35-32(27)30(21)28-20-24(18-19-34(28)5)22-11-14-25(15-12-22)33(2,3)4/h6-20H,1-5H3/q+1. The number of hydrogen-bond donors (Lipinski definition) is 0. The molecule has 0 amide bonds. The van der Waals surface area contributed by atoms with E-state index in [-0.39, 0.29) is 5.41 Å². The van der Waals surface area contributed by atoms with Gasteiger partial charge in [0.05, 0.1) is 5.56 Å². The van der Waals surface area contributed by atoms with E-state index in [0.717, 1.165) is 27.8 Å². The number of fused-ring (bicyclic) bond motifs is 5. The average Bonchev–Trinajstić information content (AvgIpc) is 3.23. The summed E-state index contributed by atoms with van der Waals surface area (Å²) in [5.41, 5.74) is 9.30. The Bertz CT molecular complexity index is 1730. The van der Waals surface area contributed by atoms with Crippen LogP contribution >= 0.6 is 0 Å². The monoisotopic (exact) mass is 456 g/mol. The summed E-state index contributed by atoms with van der Waals surface area (Å²) >= 11 is 0. The molecule has 0 spiro atoms. The van der Waals surface area contributed by atoms with Crippen molar-refractivity contribution in [3.63, 3.8) is 0 Å². The lowest BCUT2D eigenvalue weighted by Gasteiger charge is -2.19. The molecule has 6 aromatic rings. The fourth-order valence-corrected chi connectivity index (χ4v) is 5.19. The number of hydrogen-bond acceptors (Lipinski definition) is 1. The molecule has 0 fully saturated rings. The molecule has 0 atom stereocenters. The van der Waals surface area contributed by atoms with Gasteiger partial charge in [-0.25, -0.2) is 4.57 Å². The molecule has 0 bridgehead atoms. The van der Waals surface area contributed by atoms with Crippen molar-refractivity contribution >= 4 is 32.7 Å². The van der Waals surface area contributed by atoms with Gasteiger partial charge < -0.3 is 4.42 Å². The highest BCUT2D eigenvalue weighted by Crippen LogP contribution is 2.40. The van der Waals surface area contributed by atoms with E-state index in [4.69, 9.17) is 4.42 Å². The minimum absolute atomic E-state index is 0.144. The fourth-order valence-electron chi connectivity index (χ4n) is 5.19. The summed E-state index contributed by atoms with van der Waals surface area (Å²) in [5, 5.41) is 4.82. The molecule has 2 heterocycles. The highest BCUT2D eigenvalue weighted by Gasteiger charge is 2.22. The molecule has 0 saturated heterocycles. The van der Waals surface area contributed by atoms with Crippen LogP contribution in [-0.4, -0.2) is 0 Å². The Labute approximate surface area is 206 Å². The van der Waals surface area contributed by atoms with Crippen molar-refractivity contribution in [3.05, 3.63) is 102 Å². The van der Waals surface area contributed by atoms with Crippen molar-refractivity contribution in [3.8, 4) is 22.4 Å². The van der Waals surface area contributed by atoms with E-state index in [0.29, 0.717) is 0 Å². The maximum absolute atomic E-state index is 6.57. The van der Waals surface area contributed by atoms with Gasteiger partial charge in [0.15, 0.2) is 6.20 Å². The molecule has 172 valence electrons. The summed E-state index contributed by atoms with van der Waals surface area (Å²) in [4.78, 5) is 0. The number of pyridine rings is 1. The molecule has 2 nitrogen and oxygen atoms in total. The number of furan rings is 1. The average molecular weight is 457 g/mol. The fraction of sp³-hybridized carbons (Fsp3) is 0.182. The quantitative estimate of drug-likeness (QED) is 0.239. The Balaban J connectivity index is 1.58. The molecular formula is C33H30NO+. The zero-order valence-corrected chi connectivity index (χ0v) is 21.0. The van der Waals surface area contributed by atoms with Crippen LogP contribution in [0.5, 0.6) is 0 Å². The lowest BCUT2D eigenvalue weighted by Crippen LogP contribution is -2.30. The highest BCUT2D eigenvalue weighted by molar-refractivity contribution is 6.20. The van der Waals surface area contributed by atoms with Gasteiger partial charge in [0.25, 0.3) is 0 Å². The number of benzene rings is 4. The minimum Gasteiger partial charge on any atom is -0.455 e. The topological polar surface area (TPSA) is 17.0 Å². The third kappa shape index (κ3) is 3.52. The van der Waals surface area contributed by atoms with Gasteiger partial charge in [0, 0.05) is 22.9 Å². The van der Waals surface area contributed by atoms with E-state index < -0.39 is 0 Å². The Morgan fingerprint density at radius 2 is 1.51 bits per heavy atom. The third-order valence-corrected chi connectivity index (χ3v) is 7.23. The van der Waals surface area contributed by atoms with Crippen LogP contribution in [-0.2, 0) is 12.5 Å². The van der Waals surface area contributed by atoms with E-state index in [1.165, 1.54) is 38.4 Å². The van der Waals surface area contributed by atoms with Gasteiger partial charge in [0.2, 0.25) is 5.69 Å². The first kappa shape index (κ1) is 21.6. The molecule has 0 radical (unpaired) electrons. The third-order valence-electron chi connectivity index (χ3n) is 7.23. The lowest BCUT2D eigenvalue weighted by atomic mass is 9.86. The Kier molecular flexibility index (Phi) is 4.82.